The van der Waals surface area contributed by atoms with Crippen LogP contribution in [0, 0.1) is 0 Å². The lowest BCUT2D eigenvalue weighted by molar-refractivity contribution is 0.0204. The van der Waals surface area contributed by atoms with Gasteiger partial charge in [0.2, 0.25) is 0 Å². The van der Waals surface area contributed by atoms with E-state index in [0.29, 0.717) is 51.6 Å². The molecule has 0 radical (unpaired) electrons. The monoisotopic (exact) mass is 452 g/mol. The van der Waals surface area contributed by atoms with E-state index in [-0.39, 0.29) is 24.0 Å². The summed E-state index contributed by atoms with van der Waals surface area (Å²) >= 11 is 1.50. The molecule has 2 saturated heterocycles. The van der Waals surface area contributed by atoms with E-state index in [1.807, 2.05) is 26.2 Å². The van der Waals surface area contributed by atoms with Crippen molar-refractivity contribution >= 4 is 29.4 Å². The number of likely N-dealkylation sites (tertiary alicyclic amines) is 1. The van der Waals surface area contributed by atoms with Crippen molar-refractivity contribution in [2.75, 3.05) is 45.9 Å². The number of amides is 3. The minimum atomic E-state index is -0.500. The summed E-state index contributed by atoms with van der Waals surface area (Å²) in [7, 11) is 0. The topological polar surface area (TPSA) is 92.3 Å². The Morgan fingerprint density at radius 2 is 1.58 bits per heavy atom. The molecule has 2 aliphatic rings. The van der Waals surface area contributed by atoms with Gasteiger partial charge in [0.05, 0.1) is 11.6 Å². The van der Waals surface area contributed by atoms with Crippen molar-refractivity contribution < 1.29 is 23.9 Å². The van der Waals surface area contributed by atoms with Gasteiger partial charge in [-0.25, -0.2) is 14.6 Å². The fourth-order valence-corrected chi connectivity index (χ4v) is 4.64. The van der Waals surface area contributed by atoms with Gasteiger partial charge < -0.3 is 24.2 Å². The number of piperazine rings is 1. The number of piperidine rings is 1. The van der Waals surface area contributed by atoms with E-state index in [4.69, 9.17) is 9.47 Å². The molecule has 2 aliphatic heterocycles. The van der Waals surface area contributed by atoms with Gasteiger partial charge in [0.25, 0.3) is 5.91 Å². The molecule has 0 bridgehead atoms. The highest BCUT2D eigenvalue weighted by molar-refractivity contribution is 7.09. The number of nitrogens with zero attached hydrogens (tertiary/aromatic N) is 4. The molecule has 2 fully saturated rings. The van der Waals surface area contributed by atoms with Gasteiger partial charge in [0.15, 0.2) is 0 Å². The first kappa shape index (κ1) is 23.3. The average Bonchev–Trinajstić information content (AvgIpc) is 3.22. The fraction of sp³-hybridized carbons (Fsp3) is 0.714. The number of carbonyl (C=O) groups excluding carboxylic acids is 3. The summed E-state index contributed by atoms with van der Waals surface area (Å²) in [6.45, 7) is 10.8. The van der Waals surface area contributed by atoms with Gasteiger partial charge in [-0.2, -0.15) is 0 Å². The Morgan fingerprint density at radius 3 is 2.16 bits per heavy atom. The van der Waals surface area contributed by atoms with Gasteiger partial charge >= 0.3 is 12.2 Å². The standard InChI is InChI=1S/C21H32N4O5S/c1-5-29-19(27)25-12-10-23(11-13-25)18(26)16-14-31-17(22-16)15-6-8-24(9-7-15)20(28)30-21(2,3)4/h14-15H,5-13H2,1-4H3. The molecular weight excluding hydrogens is 420 g/mol. The summed E-state index contributed by atoms with van der Waals surface area (Å²) in [5.74, 6) is 0.142. The Bertz CT molecular complexity index is 790. The number of thiazole rings is 1. The van der Waals surface area contributed by atoms with Crippen LogP contribution < -0.4 is 0 Å². The number of carbonyl (C=O) groups is 3. The van der Waals surface area contributed by atoms with Crippen molar-refractivity contribution in [2.24, 2.45) is 0 Å². The van der Waals surface area contributed by atoms with E-state index >= 15 is 0 Å². The van der Waals surface area contributed by atoms with Crippen molar-refractivity contribution in [3.05, 3.63) is 16.1 Å². The summed E-state index contributed by atoms with van der Waals surface area (Å²) in [4.78, 5) is 46.6. The first-order chi connectivity index (χ1) is 14.7. The summed E-state index contributed by atoms with van der Waals surface area (Å²) in [5, 5.41) is 2.76. The van der Waals surface area contributed by atoms with E-state index in [2.05, 4.69) is 4.98 Å². The summed E-state index contributed by atoms with van der Waals surface area (Å²) < 4.78 is 10.5. The molecule has 172 valence electrons. The number of aromatic nitrogens is 1. The van der Waals surface area contributed by atoms with Crippen LogP contribution in [-0.4, -0.2) is 89.3 Å². The zero-order valence-electron chi connectivity index (χ0n) is 18.8. The molecule has 0 aromatic carbocycles. The van der Waals surface area contributed by atoms with Crippen LogP contribution in [0.5, 0.6) is 0 Å². The molecule has 0 atom stereocenters. The normalized spacial score (nSPS) is 18.1. The number of ether oxygens (including phenoxy) is 2. The summed E-state index contributed by atoms with van der Waals surface area (Å²) in [6.07, 6.45) is 1.00. The molecule has 0 spiro atoms. The fourth-order valence-electron chi connectivity index (χ4n) is 3.68. The van der Waals surface area contributed by atoms with E-state index in [1.54, 1.807) is 21.6 Å². The highest BCUT2D eigenvalue weighted by atomic mass is 32.1. The Hall–Kier alpha value is -2.36. The highest BCUT2D eigenvalue weighted by Gasteiger charge is 2.30. The minimum Gasteiger partial charge on any atom is -0.450 e. The van der Waals surface area contributed by atoms with Crippen molar-refractivity contribution in [3.8, 4) is 0 Å². The third-order valence-electron chi connectivity index (χ3n) is 5.33. The van der Waals surface area contributed by atoms with Gasteiger partial charge in [-0.3, -0.25) is 4.79 Å². The van der Waals surface area contributed by atoms with Gasteiger partial charge in [0.1, 0.15) is 11.3 Å². The third kappa shape index (κ3) is 6.09. The second-order valence-electron chi connectivity index (χ2n) is 8.79. The lowest BCUT2D eigenvalue weighted by Crippen LogP contribution is -2.50. The largest absolute Gasteiger partial charge is 0.450 e. The summed E-state index contributed by atoms with van der Waals surface area (Å²) in [5.41, 5.74) is -0.0422. The SMILES string of the molecule is CCOC(=O)N1CCN(C(=O)c2csc(C3CCN(C(=O)OC(C)(C)C)CC3)n2)CC1. The molecular formula is C21H32N4O5S. The molecule has 1 aromatic rings. The second kappa shape index (κ2) is 9.84. The van der Waals surface area contributed by atoms with Crippen LogP contribution in [0.25, 0.3) is 0 Å². The van der Waals surface area contributed by atoms with E-state index in [9.17, 15) is 14.4 Å². The quantitative estimate of drug-likeness (QED) is 0.699. The molecule has 3 rings (SSSR count). The van der Waals surface area contributed by atoms with Crippen LogP contribution >= 0.6 is 11.3 Å². The Kier molecular flexibility index (Phi) is 7.40. The van der Waals surface area contributed by atoms with Gasteiger partial charge in [-0.15, -0.1) is 11.3 Å². The third-order valence-corrected chi connectivity index (χ3v) is 6.34. The predicted molar refractivity (Wildman–Crippen MR) is 116 cm³/mol. The Labute approximate surface area is 187 Å². The lowest BCUT2D eigenvalue weighted by Gasteiger charge is -2.33. The van der Waals surface area contributed by atoms with Gasteiger partial charge in [0, 0.05) is 50.6 Å². The molecule has 1 aromatic heterocycles. The molecule has 3 heterocycles. The number of rotatable bonds is 3. The molecule has 0 unspecified atom stereocenters. The molecule has 10 heteroatoms. The van der Waals surface area contributed by atoms with Crippen LogP contribution in [0.15, 0.2) is 5.38 Å². The molecule has 9 nitrogen and oxygen atoms in total. The predicted octanol–water partition coefficient (Wildman–Crippen LogP) is 3.17. The maximum atomic E-state index is 12.8. The van der Waals surface area contributed by atoms with Crippen molar-refractivity contribution in [1.29, 1.82) is 0 Å². The molecule has 0 saturated carbocycles. The van der Waals surface area contributed by atoms with Crippen LogP contribution in [0.1, 0.15) is 62.0 Å². The molecule has 0 N–H and O–H groups in total. The number of hydrogen-bond donors (Lipinski definition) is 0. The van der Waals surface area contributed by atoms with E-state index < -0.39 is 5.60 Å². The van der Waals surface area contributed by atoms with Crippen molar-refractivity contribution in [3.63, 3.8) is 0 Å². The van der Waals surface area contributed by atoms with E-state index in [1.165, 1.54) is 11.3 Å². The zero-order valence-corrected chi connectivity index (χ0v) is 19.6. The van der Waals surface area contributed by atoms with Crippen LogP contribution in [-0.2, 0) is 9.47 Å². The van der Waals surface area contributed by atoms with Crippen LogP contribution in [0.4, 0.5) is 9.59 Å². The lowest BCUT2D eigenvalue weighted by atomic mass is 9.98. The smallest absolute Gasteiger partial charge is 0.410 e. The first-order valence-corrected chi connectivity index (χ1v) is 11.7. The number of hydrogen-bond acceptors (Lipinski definition) is 7. The Balaban J connectivity index is 1.50. The van der Waals surface area contributed by atoms with Gasteiger partial charge in [-0.1, -0.05) is 0 Å². The molecule has 0 aliphatic carbocycles. The zero-order chi connectivity index (χ0) is 22.6. The second-order valence-corrected chi connectivity index (χ2v) is 9.68. The van der Waals surface area contributed by atoms with Crippen molar-refractivity contribution in [1.82, 2.24) is 19.7 Å². The van der Waals surface area contributed by atoms with Crippen LogP contribution in [0.3, 0.4) is 0 Å². The maximum absolute atomic E-state index is 12.8. The van der Waals surface area contributed by atoms with Crippen molar-refractivity contribution in [2.45, 2.75) is 52.1 Å². The maximum Gasteiger partial charge on any atom is 0.410 e. The van der Waals surface area contributed by atoms with Crippen LogP contribution in [0.2, 0.25) is 0 Å². The summed E-state index contributed by atoms with van der Waals surface area (Å²) in [6, 6.07) is 0. The molecule has 3 amide bonds. The first-order valence-electron chi connectivity index (χ1n) is 10.8. The highest BCUT2D eigenvalue weighted by Crippen LogP contribution is 2.31. The average molecular weight is 453 g/mol. The Morgan fingerprint density at radius 1 is 1.00 bits per heavy atom. The van der Waals surface area contributed by atoms with Gasteiger partial charge in [-0.05, 0) is 40.5 Å². The minimum absolute atomic E-state index is 0.0998. The molecule has 31 heavy (non-hydrogen) atoms. The van der Waals surface area contributed by atoms with E-state index in [0.717, 1.165) is 17.8 Å².